The van der Waals surface area contributed by atoms with Crippen molar-refractivity contribution in [3.63, 3.8) is 0 Å². The number of para-hydroxylation sites is 1. The van der Waals surface area contributed by atoms with Gasteiger partial charge in [-0.25, -0.2) is 0 Å². The molecule has 0 radical (unpaired) electrons. The van der Waals surface area contributed by atoms with Gasteiger partial charge in [-0.2, -0.15) is 0 Å². The minimum absolute atomic E-state index is 0.00210. The minimum Gasteiger partial charge on any atom is -0.350 e. The number of hydrogen-bond acceptors (Lipinski definition) is 3. The largest absolute Gasteiger partial charge is 0.350 e. The fourth-order valence-corrected chi connectivity index (χ4v) is 4.56. The van der Waals surface area contributed by atoms with Gasteiger partial charge < -0.3 is 20.5 Å². The summed E-state index contributed by atoms with van der Waals surface area (Å²) in [6.07, 6.45) is 5.99. The van der Waals surface area contributed by atoms with E-state index in [0.717, 1.165) is 29.6 Å². The smallest absolute Gasteiger partial charge is 0.268 e. The van der Waals surface area contributed by atoms with Gasteiger partial charge in [0.1, 0.15) is 5.69 Å². The maximum atomic E-state index is 13.1. The number of hydrogen-bond donors (Lipinski definition) is 3. The Hall–Kier alpha value is -1.85. The Bertz CT molecular complexity index is 782. The lowest BCUT2D eigenvalue weighted by atomic mass is 9.82. The normalized spacial score (nSPS) is 21.2. The van der Waals surface area contributed by atoms with Crippen LogP contribution in [0.1, 0.15) is 55.1 Å². The Balaban J connectivity index is 1.78. The predicted molar refractivity (Wildman–Crippen MR) is 117 cm³/mol. The van der Waals surface area contributed by atoms with Crippen molar-refractivity contribution in [2.45, 2.75) is 58.0 Å². The number of rotatable bonds is 8. The maximum absolute atomic E-state index is 13.1. The van der Waals surface area contributed by atoms with E-state index in [0.29, 0.717) is 17.7 Å². The number of aromatic nitrogens is 1. The highest BCUT2D eigenvalue weighted by Gasteiger charge is 2.33. The van der Waals surface area contributed by atoms with Crippen LogP contribution in [0.15, 0.2) is 24.3 Å². The molecule has 154 valence electrons. The van der Waals surface area contributed by atoms with E-state index >= 15 is 0 Å². The average Bonchev–Trinajstić information content (AvgIpc) is 3.11. The van der Waals surface area contributed by atoms with Crippen molar-refractivity contribution in [1.29, 1.82) is 0 Å². The van der Waals surface area contributed by atoms with Crippen molar-refractivity contribution in [3.05, 3.63) is 35.5 Å². The third-order valence-corrected chi connectivity index (χ3v) is 6.01. The highest BCUT2D eigenvalue weighted by Crippen LogP contribution is 2.25. The zero-order valence-corrected chi connectivity index (χ0v) is 17.8. The molecule has 0 aliphatic carbocycles. The number of carbonyl (C=O) groups is 1. The zero-order valence-electron chi connectivity index (χ0n) is 17.8. The first-order valence-electron chi connectivity index (χ1n) is 10.8. The van der Waals surface area contributed by atoms with Crippen LogP contribution in [-0.4, -0.2) is 55.1 Å². The Labute approximate surface area is 169 Å². The number of piperidine rings is 1. The van der Waals surface area contributed by atoms with Crippen molar-refractivity contribution < 1.29 is 4.79 Å². The number of aromatic amines is 1. The number of unbranched alkanes of at least 4 members (excludes halogenated alkanes) is 1. The summed E-state index contributed by atoms with van der Waals surface area (Å²) in [5.41, 5.74) is 2.87. The second-order valence-corrected chi connectivity index (χ2v) is 8.57. The first-order valence-corrected chi connectivity index (χ1v) is 10.8. The monoisotopic (exact) mass is 384 g/mol. The van der Waals surface area contributed by atoms with Crippen molar-refractivity contribution in [1.82, 2.24) is 20.5 Å². The fourth-order valence-electron chi connectivity index (χ4n) is 4.56. The molecule has 1 aromatic heterocycles. The standard InChI is InChI=1S/C23H36N4O/c1-5-6-12-19-18(11-8-13-24-19)21(15-27(3)4)26-23(28)20-14-17-10-7-9-16(2)22(17)25-20/h7,9-10,14,18-19,21,24-25H,5-6,8,11-13,15H2,1-4H3,(H,26,28). The number of aryl methyl sites for hydroxylation is 1. The van der Waals surface area contributed by atoms with E-state index in [1.807, 2.05) is 12.1 Å². The second kappa shape index (κ2) is 9.57. The van der Waals surface area contributed by atoms with Crippen LogP contribution < -0.4 is 10.6 Å². The molecule has 0 bridgehead atoms. The molecular formula is C23H36N4O. The number of fused-ring (bicyclic) bond motifs is 1. The molecule has 1 amide bonds. The molecule has 5 nitrogen and oxygen atoms in total. The number of likely N-dealkylation sites (N-methyl/N-ethyl adjacent to an activating group) is 1. The van der Waals surface area contributed by atoms with Crippen molar-refractivity contribution in [2.75, 3.05) is 27.2 Å². The van der Waals surface area contributed by atoms with Gasteiger partial charge in [-0.1, -0.05) is 38.0 Å². The van der Waals surface area contributed by atoms with E-state index in [-0.39, 0.29) is 11.9 Å². The Kier molecular flexibility index (Phi) is 7.13. The Morgan fingerprint density at radius 1 is 1.36 bits per heavy atom. The van der Waals surface area contributed by atoms with Crippen LogP contribution in [0.25, 0.3) is 10.9 Å². The molecule has 2 heterocycles. The molecule has 3 atom stereocenters. The molecular weight excluding hydrogens is 348 g/mol. The highest BCUT2D eigenvalue weighted by molar-refractivity contribution is 5.98. The molecule has 5 heteroatoms. The summed E-state index contributed by atoms with van der Waals surface area (Å²) >= 11 is 0. The topological polar surface area (TPSA) is 60.2 Å². The summed E-state index contributed by atoms with van der Waals surface area (Å²) in [5.74, 6) is 0.472. The quantitative estimate of drug-likeness (QED) is 0.650. The van der Waals surface area contributed by atoms with E-state index < -0.39 is 0 Å². The van der Waals surface area contributed by atoms with Gasteiger partial charge in [0.2, 0.25) is 0 Å². The van der Waals surface area contributed by atoms with E-state index in [1.54, 1.807) is 0 Å². The van der Waals surface area contributed by atoms with Gasteiger partial charge in [0.05, 0.1) is 0 Å². The summed E-state index contributed by atoms with van der Waals surface area (Å²) in [5, 5.41) is 8.18. The number of benzene rings is 1. The second-order valence-electron chi connectivity index (χ2n) is 8.57. The van der Waals surface area contributed by atoms with Gasteiger partial charge in [-0.05, 0) is 64.4 Å². The molecule has 3 N–H and O–H groups in total. The van der Waals surface area contributed by atoms with Gasteiger partial charge in [0.15, 0.2) is 0 Å². The zero-order chi connectivity index (χ0) is 20.1. The van der Waals surface area contributed by atoms with Gasteiger partial charge in [-0.15, -0.1) is 0 Å². The number of H-pyrrole nitrogens is 1. The van der Waals surface area contributed by atoms with Gasteiger partial charge in [0, 0.05) is 29.5 Å². The summed E-state index contributed by atoms with van der Waals surface area (Å²) in [6, 6.07) is 8.76. The Morgan fingerprint density at radius 3 is 2.89 bits per heavy atom. The van der Waals surface area contributed by atoms with Gasteiger partial charge in [-0.3, -0.25) is 4.79 Å². The first-order chi connectivity index (χ1) is 13.5. The van der Waals surface area contributed by atoms with E-state index in [4.69, 9.17) is 0 Å². The van der Waals surface area contributed by atoms with Crippen molar-refractivity contribution in [2.24, 2.45) is 5.92 Å². The molecule has 1 aromatic carbocycles. The molecule has 1 fully saturated rings. The number of amides is 1. The third kappa shape index (κ3) is 4.95. The Morgan fingerprint density at radius 2 is 2.18 bits per heavy atom. The molecule has 1 aliphatic heterocycles. The summed E-state index contributed by atoms with van der Waals surface area (Å²) in [7, 11) is 4.17. The minimum atomic E-state index is 0.00210. The average molecular weight is 385 g/mol. The lowest BCUT2D eigenvalue weighted by Crippen LogP contribution is -2.55. The van der Waals surface area contributed by atoms with Crippen molar-refractivity contribution in [3.8, 4) is 0 Å². The lowest BCUT2D eigenvalue weighted by Gasteiger charge is -2.39. The molecule has 28 heavy (non-hydrogen) atoms. The van der Waals surface area contributed by atoms with Crippen LogP contribution in [0.2, 0.25) is 0 Å². The van der Waals surface area contributed by atoms with Gasteiger partial charge >= 0.3 is 0 Å². The van der Waals surface area contributed by atoms with Crippen LogP contribution >= 0.6 is 0 Å². The SMILES string of the molecule is CCCCC1NCCCC1C(CN(C)C)NC(=O)c1cc2cccc(C)c2[nH]1. The number of nitrogens with zero attached hydrogens (tertiary/aromatic N) is 1. The van der Waals surface area contributed by atoms with Crippen LogP contribution in [0, 0.1) is 12.8 Å². The van der Waals surface area contributed by atoms with Crippen molar-refractivity contribution >= 4 is 16.8 Å². The predicted octanol–water partition coefficient (Wildman–Crippen LogP) is 3.69. The van der Waals surface area contributed by atoms with Crippen LogP contribution in [0.4, 0.5) is 0 Å². The maximum Gasteiger partial charge on any atom is 0.268 e. The van der Waals surface area contributed by atoms with Crippen LogP contribution in [0.3, 0.4) is 0 Å². The molecule has 3 rings (SSSR count). The summed E-state index contributed by atoms with van der Waals surface area (Å²) < 4.78 is 0. The van der Waals surface area contributed by atoms with E-state index in [2.05, 4.69) is 60.6 Å². The lowest BCUT2D eigenvalue weighted by molar-refractivity contribution is 0.0878. The van der Waals surface area contributed by atoms with Gasteiger partial charge in [0.25, 0.3) is 5.91 Å². The first kappa shape index (κ1) is 20.9. The molecule has 2 aromatic rings. The molecule has 1 saturated heterocycles. The molecule has 3 unspecified atom stereocenters. The van der Waals surface area contributed by atoms with Crippen LogP contribution in [-0.2, 0) is 0 Å². The van der Waals surface area contributed by atoms with E-state index in [9.17, 15) is 4.79 Å². The van der Waals surface area contributed by atoms with Crippen LogP contribution in [0.5, 0.6) is 0 Å². The highest BCUT2D eigenvalue weighted by atomic mass is 16.2. The third-order valence-electron chi connectivity index (χ3n) is 6.01. The molecule has 0 spiro atoms. The summed E-state index contributed by atoms with van der Waals surface area (Å²) in [4.78, 5) is 18.6. The fraction of sp³-hybridized carbons (Fsp3) is 0.609. The molecule has 0 saturated carbocycles. The molecule has 1 aliphatic rings. The number of carbonyl (C=O) groups excluding carboxylic acids is 1. The van der Waals surface area contributed by atoms with E-state index in [1.165, 1.54) is 32.1 Å². The summed E-state index contributed by atoms with van der Waals surface area (Å²) in [6.45, 7) is 6.27. The number of nitrogens with one attached hydrogen (secondary N) is 3.